The van der Waals surface area contributed by atoms with Crippen LogP contribution in [0.2, 0.25) is 0 Å². The van der Waals surface area contributed by atoms with E-state index in [1.807, 2.05) is 30.3 Å². The lowest BCUT2D eigenvalue weighted by molar-refractivity contribution is -0.133. The quantitative estimate of drug-likeness (QED) is 0.764. The highest BCUT2D eigenvalue weighted by molar-refractivity contribution is 8.00. The molecule has 20 heavy (non-hydrogen) atoms. The summed E-state index contributed by atoms with van der Waals surface area (Å²) in [6.07, 6.45) is 1.56. The van der Waals surface area contributed by atoms with E-state index in [9.17, 15) is 4.79 Å². The van der Waals surface area contributed by atoms with Crippen molar-refractivity contribution in [1.29, 1.82) is 0 Å². The predicted octanol–water partition coefficient (Wildman–Crippen LogP) is 3.22. The number of carboxylic acid groups (broad SMARTS) is 1. The van der Waals surface area contributed by atoms with Crippen LogP contribution in [-0.4, -0.2) is 23.9 Å². The van der Waals surface area contributed by atoms with Gasteiger partial charge in [-0.1, -0.05) is 12.1 Å². The van der Waals surface area contributed by atoms with E-state index >= 15 is 0 Å². The van der Waals surface area contributed by atoms with Crippen molar-refractivity contribution in [2.75, 3.05) is 18.2 Å². The van der Waals surface area contributed by atoms with E-state index in [4.69, 9.17) is 14.3 Å². The van der Waals surface area contributed by atoms with Gasteiger partial charge in [-0.2, -0.15) is 0 Å². The lowest BCUT2D eigenvalue weighted by Crippen LogP contribution is -2.10. The third kappa shape index (κ3) is 3.71. The summed E-state index contributed by atoms with van der Waals surface area (Å²) in [5, 5.41) is 11.8. The van der Waals surface area contributed by atoms with Crippen molar-refractivity contribution in [2.45, 2.75) is 5.37 Å². The van der Waals surface area contributed by atoms with E-state index in [0.29, 0.717) is 11.5 Å². The number of nitrogens with one attached hydrogen (secondary N) is 1. The summed E-state index contributed by atoms with van der Waals surface area (Å²) in [5.74, 6) is 0.476. The van der Waals surface area contributed by atoms with Crippen molar-refractivity contribution >= 4 is 23.4 Å². The van der Waals surface area contributed by atoms with E-state index in [0.717, 1.165) is 5.69 Å². The Morgan fingerprint density at radius 3 is 2.85 bits per heavy atom. The molecule has 1 heterocycles. The van der Waals surface area contributed by atoms with Crippen LogP contribution in [0.3, 0.4) is 0 Å². The molecule has 0 amide bonds. The molecule has 106 valence electrons. The highest BCUT2D eigenvalue weighted by Gasteiger charge is 2.17. The Kier molecular flexibility index (Phi) is 4.95. The van der Waals surface area contributed by atoms with Gasteiger partial charge < -0.3 is 19.6 Å². The van der Waals surface area contributed by atoms with Gasteiger partial charge in [0.2, 0.25) is 0 Å². The fraction of sp³-hybridized carbons (Fsp3) is 0.214. The minimum atomic E-state index is -0.867. The lowest BCUT2D eigenvalue weighted by atomic mass is 10.3. The Morgan fingerprint density at radius 1 is 1.40 bits per heavy atom. The summed E-state index contributed by atoms with van der Waals surface area (Å²) < 4.78 is 10.6. The van der Waals surface area contributed by atoms with Gasteiger partial charge in [-0.25, -0.2) is 0 Å². The smallest absolute Gasteiger partial charge is 0.313 e. The zero-order chi connectivity index (χ0) is 14.4. The third-order valence-electron chi connectivity index (χ3n) is 2.57. The van der Waals surface area contributed by atoms with Crippen molar-refractivity contribution in [3.63, 3.8) is 0 Å². The standard InChI is InChI=1S/C14H15NO4S/c1-18-11-6-3-2-5-10(11)15-14(20-9-13(16)17)12-7-4-8-19-12/h2-8,14-15H,9H2,1H3,(H,16,17)/t14-/m0/s1. The molecule has 0 saturated carbocycles. The first-order valence-electron chi connectivity index (χ1n) is 5.97. The monoisotopic (exact) mass is 293 g/mol. The van der Waals surface area contributed by atoms with Gasteiger partial charge >= 0.3 is 5.97 Å². The largest absolute Gasteiger partial charge is 0.495 e. The normalized spacial score (nSPS) is 11.8. The van der Waals surface area contributed by atoms with Crippen LogP contribution < -0.4 is 10.1 Å². The van der Waals surface area contributed by atoms with E-state index < -0.39 is 5.97 Å². The number of furan rings is 1. The molecule has 0 aliphatic rings. The topological polar surface area (TPSA) is 71.7 Å². The average molecular weight is 293 g/mol. The zero-order valence-electron chi connectivity index (χ0n) is 10.9. The van der Waals surface area contributed by atoms with Crippen LogP contribution >= 0.6 is 11.8 Å². The summed E-state index contributed by atoms with van der Waals surface area (Å²) >= 11 is 1.24. The first-order chi connectivity index (χ1) is 9.70. The van der Waals surface area contributed by atoms with Crippen LogP contribution in [0, 0.1) is 0 Å². The summed E-state index contributed by atoms with van der Waals surface area (Å²) in [7, 11) is 1.59. The van der Waals surface area contributed by atoms with E-state index in [2.05, 4.69) is 5.32 Å². The molecular formula is C14H15NO4S. The number of aliphatic carboxylic acids is 1. The van der Waals surface area contributed by atoms with Crippen LogP contribution in [0.5, 0.6) is 5.75 Å². The molecule has 0 bridgehead atoms. The Labute approximate surface area is 120 Å². The molecule has 0 radical (unpaired) electrons. The highest BCUT2D eigenvalue weighted by atomic mass is 32.2. The molecule has 0 aliphatic carbocycles. The molecule has 0 unspecified atom stereocenters. The number of rotatable bonds is 7. The van der Waals surface area contributed by atoms with Crippen LogP contribution in [0.4, 0.5) is 5.69 Å². The second kappa shape index (κ2) is 6.91. The van der Waals surface area contributed by atoms with Crippen LogP contribution in [0.25, 0.3) is 0 Å². The zero-order valence-corrected chi connectivity index (χ0v) is 11.7. The number of carbonyl (C=O) groups is 1. The molecule has 2 aromatic rings. The number of carboxylic acids is 1. The molecule has 0 fully saturated rings. The Bertz CT molecular complexity index is 556. The number of para-hydroxylation sites is 2. The average Bonchev–Trinajstić information content (AvgIpc) is 2.97. The maximum absolute atomic E-state index is 10.7. The lowest BCUT2D eigenvalue weighted by Gasteiger charge is -2.18. The second-order valence-corrected chi connectivity index (χ2v) is 5.04. The Balaban J connectivity index is 2.17. The minimum Gasteiger partial charge on any atom is -0.495 e. The first-order valence-corrected chi connectivity index (χ1v) is 7.02. The molecule has 0 spiro atoms. The third-order valence-corrected chi connectivity index (χ3v) is 3.67. The molecule has 2 N–H and O–H groups in total. The van der Waals surface area contributed by atoms with E-state index in [-0.39, 0.29) is 11.1 Å². The van der Waals surface area contributed by atoms with Crippen LogP contribution in [-0.2, 0) is 4.79 Å². The van der Waals surface area contributed by atoms with Gasteiger partial charge in [0, 0.05) is 0 Å². The first kappa shape index (κ1) is 14.3. The molecule has 0 aliphatic heterocycles. The van der Waals surface area contributed by atoms with E-state index in [1.165, 1.54) is 11.8 Å². The second-order valence-electron chi connectivity index (χ2n) is 3.94. The summed E-state index contributed by atoms with van der Waals surface area (Å²) in [5.41, 5.74) is 0.786. The number of hydrogen-bond donors (Lipinski definition) is 2. The van der Waals surface area contributed by atoms with Gasteiger partial charge in [0.15, 0.2) is 0 Å². The maximum atomic E-state index is 10.7. The minimum absolute atomic E-state index is 0.0203. The molecule has 2 rings (SSSR count). The highest BCUT2D eigenvalue weighted by Crippen LogP contribution is 2.34. The number of benzene rings is 1. The molecule has 1 atom stereocenters. The Hall–Kier alpha value is -2.08. The molecule has 1 aromatic heterocycles. The van der Waals surface area contributed by atoms with Gasteiger partial charge in [-0.05, 0) is 24.3 Å². The van der Waals surface area contributed by atoms with Crippen molar-refractivity contribution < 1.29 is 19.1 Å². The fourth-order valence-electron chi connectivity index (χ4n) is 1.70. The molecule has 5 nitrogen and oxygen atoms in total. The van der Waals surface area contributed by atoms with Gasteiger partial charge in [-0.3, -0.25) is 4.79 Å². The SMILES string of the molecule is COc1ccccc1N[C@@H](SCC(=O)O)c1ccco1. The van der Waals surface area contributed by atoms with Gasteiger partial charge in [0.05, 0.1) is 24.8 Å². The van der Waals surface area contributed by atoms with Crippen molar-refractivity contribution in [2.24, 2.45) is 0 Å². The van der Waals surface area contributed by atoms with Crippen LogP contribution in [0.1, 0.15) is 11.1 Å². The Morgan fingerprint density at radius 2 is 2.20 bits per heavy atom. The molecule has 6 heteroatoms. The number of methoxy groups -OCH3 is 1. The van der Waals surface area contributed by atoms with Crippen LogP contribution in [0.15, 0.2) is 47.1 Å². The van der Waals surface area contributed by atoms with Crippen molar-refractivity contribution in [3.05, 3.63) is 48.4 Å². The summed E-state index contributed by atoms with van der Waals surface area (Å²) in [6, 6.07) is 11.0. The molecule has 1 aromatic carbocycles. The molecular weight excluding hydrogens is 278 g/mol. The van der Waals surface area contributed by atoms with Crippen molar-refractivity contribution in [3.8, 4) is 5.75 Å². The summed E-state index contributed by atoms with van der Waals surface area (Å²) in [4.78, 5) is 10.7. The maximum Gasteiger partial charge on any atom is 0.313 e. The van der Waals surface area contributed by atoms with Gasteiger partial charge in [0.1, 0.15) is 16.9 Å². The predicted molar refractivity (Wildman–Crippen MR) is 78.2 cm³/mol. The summed E-state index contributed by atoms with van der Waals surface area (Å²) in [6.45, 7) is 0. The van der Waals surface area contributed by atoms with Crippen molar-refractivity contribution in [1.82, 2.24) is 0 Å². The number of anilines is 1. The number of ether oxygens (including phenoxy) is 1. The fourth-order valence-corrected chi connectivity index (χ4v) is 2.51. The van der Waals surface area contributed by atoms with Gasteiger partial charge in [-0.15, -0.1) is 11.8 Å². The van der Waals surface area contributed by atoms with Gasteiger partial charge in [0.25, 0.3) is 0 Å². The number of hydrogen-bond acceptors (Lipinski definition) is 5. The molecule has 0 saturated heterocycles. The number of thioether (sulfide) groups is 1. The van der Waals surface area contributed by atoms with E-state index in [1.54, 1.807) is 19.4 Å².